The van der Waals surface area contributed by atoms with Crippen molar-refractivity contribution < 1.29 is 23.1 Å². The number of amides is 2. The number of aromatic nitrogens is 2. The highest BCUT2D eigenvalue weighted by Crippen LogP contribution is 2.27. The van der Waals surface area contributed by atoms with Gasteiger partial charge in [0.2, 0.25) is 0 Å². The fourth-order valence-electron chi connectivity index (χ4n) is 3.85. The number of imidazole rings is 1. The predicted molar refractivity (Wildman–Crippen MR) is 138 cm³/mol. The second-order valence-electron chi connectivity index (χ2n) is 8.37. The Kier molecular flexibility index (Phi) is 7.99. The van der Waals surface area contributed by atoms with Crippen molar-refractivity contribution in [1.82, 2.24) is 19.6 Å². The summed E-state index contributed by atoms with van der Waals surface area (Å²) in [4.78, 5) is 27.3. The molecule has 190 valence electrons. The monoisotopic (exact) mass is 518 g/mol. The molecule has 1 aromatic heterocycles. The molecule has 4 aromatic rings. The second kappa shape index (κ2) is 11.5. The Morgan fingerprint density at radius 2 is 1.59 bits per heavy atom. The van der Waals surface area contributed by atoms with Gasteiger partial charge in [-0.1, -0.05) is 72.8 Å². The van der Waals surface area contributed by atoms with E-state index in [1.807, 2.05) is 59.2 Å². The molecule has 4 rings (SSSR count). The first-order valence-electron chi connectivity index (χ1n) is 11.6. The van der Waals surface area contributed by atoms with Crippen LogP contribution < -0.4 is 10.0 Å². The maximum absolute atomic E-state index is 13.0. The number of aryl methyl sites for hydroxylation is 1. The van der Waals surface area contributed by atoms with Crippen molar-refractivity contribution in [3.63, 3.8) is 0 Å². The summed E-state index contributed by atoms with van der Waals surface area (Å²) in [6.45, 7) is 0.693. The zero-order valence-electron chi connectivity index (χ0n) is 19.9. The van der Waals surface area contributed by atoms with Crippen LogP contribution in [0.1, 0.15) is 23.2 Å². The lowest BCUT2D eigenvalue weighted by atomic mass is 10.0. The fourth-order valence-corrected chi connectivity index (χ4v) is 5.01. The number of hydrogen-bond acceptors (Lipinski definition) is 5. The van der Waals surface area contributed by atoms with E-state index in [1.165, 1.54) is 6.07 Å². The number of benzene rings is 3. The summed E-state index contributed by atoms with van der Waals surface area (Å²) >= 11 is 0. The smallest absolute Gasteiger partial charge is 0.328 e. The molecule has 10 heteroatoms. The van der Waals surface area contributed by atoms with Crippen LogP contribution in [0, 0.1) is 0 Å². The van der Waals surface area contributed by atoms with Gasteiger partial charge in [-0.25, -0.2) is 22.9 Å². The van der Waals surface area contributed by atoms with Gasteiger partial charge in [-0.3, -0.25) is 4.79 Å². The average molecular weight is 519 g/mol. The van der Waals surface area contributed by atoms with E-state index in [4.69, 9.17) is 5.11 Å². The number of carboxylic acid groups (broad SMARTS) is 1. The number of rotatable bonds is 10. The summed E-state index contributed by atoms with van der Waals surface area (Å²) in [7, 11) is -4.14. The van der Waals surface area contributed by atoms with Gasteiger partial charge in [0.25, 0.3) is 10.0 Å². The van der Waals surface area contributed by atoms with E-state index in [0.717, 1.165) is 16.8 Å². The molecule has 0 aliphatic heterocycles. The summed E-state index contributed by atoms with van der Waals surface area (Å²) < 4.78 is 30.1. The minimum absolute atomic E-state index is 0.0109. The van der Waals surface area contributed by atoms with Crippen molar-refractivity contribution in [1.29, 1.82) is 0 Å². The largest absolute Gasteiger partial charge is 0.481 e. The van der Waals surface area contributed by atoms with E-state index < -0.39 is 22.0 Å². The fraction of sp³-hybridized carbons (Fsp3) is 0.148. The Morgan fingerprint density at radius 1 is 0.892 bits per heavy atom. The number of nitrogens with one attached hydrogen (secondary N) is 2. The highest BCUT2D eigenvalue weighted by molar-refractivity contribution is 7.90. The zero-order valence-corrected chi connectivity index (χ0v) is 20.7. The van der Waals surface area contributed by atoms with Crippen LogP contribution in [0.2, 0.25) is 0 Å². The quantitative estimate of drug-likeness (QED) is 0.293. The van der Waals surface area contributed by atoms with E-state index in [0.29, 0.717) is 24.1 Å². The van der Waals surface area contributed by atoms with Crippen molar-refractivity contribution in [3.8, 4) is 11.1 Å². The average Bonchev–Trinajstić information content (AvgIpc) is 3.34. The lowest BCUT2D eigenvalue weighted by Crippen LogP contribution is -2.39. The minimum Gasteiger partial charge on any atom is -0.481 e. The van der Waals surface area contributed by atoms with Gasteiger partial charge in [-0.05, 0) is 29.2 Å². The van der Waals surface area contributed by atoms with Crippen LogP contribution in [0.25, 0.3) is 11.1 Å². The Bertz CT molecular complexity index is 1480. The van der Waals surface area contributed by atoms with Gasteiger partial charge in [-0.15, -0.1) is 0 Å². The molecule has 0 saturated carbocycles. The second-order valence-corrected chi connectivity index (χ2v) is 10.0. The molecule has 0 atom stereocenters. The molecule has 3 aromatic carbocycles. The highest BCUT2D eigenvalue weighted by Gasteiger charge is 2.21. The van der Waals surface area contributed by atoms with E-state index >= 15 is 0 Å². The van der Waals surface area contributed by atoms with E-state index in [2.05, 4.69) is 15.0 Å². The molecule has 3 N–H and O–H groups in total. The zero-order chi connectivity index (χ0) is 26.3. The number of carbonyl (C=O) groups excluding carboxylic acids is 1. The number of aliphatic carboxylic acids is 1. The van der Waals surface area contributed by atoms with Gasteiger partial charge in [0.05, 0.1) is 17.6 Å². The normalized spacial score (nSPS) is 11.1. The minimum atomic E-state index is -4.14. The first-order valence-corrected chi connectivity index (χ1v) is 13.0. The molecule has 0 saturated heterocycles. The third kappa shape index (κ3) is 6.83. The van der Waals surface area contributed by atoms with Crippen LogP contribution in [0.4, 0.5) is 4.79 Å². The Balaban J connectivity index is 1.47. The van der Waals surface area contributed by atoms with Crippen molar-refractivity contribution in [2.24, 2.45) is 0 Å². The molecule has 0 aliphatic carbocycles. The van der Waals surface area contributed by atoms with Crippen molar-refractivity contribution in [2.45, 2.75) is 30.8 Å². The molecular weight excluding hydrogens is 492 g/mol. The number of carbonyl (C=O) groups is 2. The maximum Gasteiger partial charge on any atom is 0.328 e. The van der Waals surface area contributed by atoms with Crippen LogP contribution in [-0.2, 0) is 34.3 Å². The Labute approximate surface area is 214 Å². The maximum atomic E-state index is 13.0. The van der Waals surface area contributed by atoms with Crippen molar-refractivity contribution in [2.75, 3.05) is 0 Å². The first-order chi connectivity index (χ1) is 17.8. The highest BCUT2D eigenvalue weighted by atomic mass is 32.2. The van der Waals surface area contributed by atoms with Gasteiger partial charge in [0.15, 0.2) is 0 Å². The van der Waals surface area contributed by atoms with Crippen LogP contribution in [0.15, 0.2) is 96.3 Å². The van der Waals surface area contributed by atoms with Crippen LogP contribution >= 0.6 is 0 Å². The third-order valence-corrected chi connectivity index (χ3v) is 7.10. The van der Waals surface area contributed by atoms with Gasteiger partial charge in [-0.2, -0.15) is 0 Å². The Morgan fingerprint density at radius 3 is 2.32 bits per heavy atom. The van der Waals surface area contributed by atoms with Crippen LogP contribution in [-0.4, -0.2) is 35.1 Å². The molecular formula is C27H26N4O5S. The van der Waals surface area contributed by atoms with Gasteiger partial charge in [0.1, 0.15) is 0 Å². The lowest BCUT2D eigenvalue weighted by Gasteiger charge is -2.13. The molecule has 37 heavy (non-hydrogen) atoms. The number of nitrogens with zero attached hydrogens (tertiary/aromatic N) is 2. The SMILES string of the molecule is O=C(O)CCc1cncn1Cc1ccc(-c2ccccc2S(=O)(=O)NC(=O)NCc2ccccc2)cc1. The van der Waals surface area contributed by atoms with Crippen LogP contribution in [0.5, 0.6) is 0 Å². The molecule has 2 amide bonds. The van der Waals surface area contributed by atoms with E-state index in [1.54, 1.807) is 30.7 Å². The van der Waals surface area contributed by atoms with E-state index in [-0.39, 0.29) is 17.9 Å². The summed E-state index contributed by atoms with van der Waals surface area (Å²) in [5.41, 5.74) is 3.74. The molecule has 1 heterocycles. The number of urea groups is 1. The number of carboxylic acids is 1. The molecule has 0 radical (unpaired) electrons. The van der Waals surface area contributed by atoms with Gasteiger partial charge in [0, 0.05) is 30.5 Å². The van der Waals surface area contributed by atoms with E-state index in [9.17, 15) is 18.0 Å². The van der Waals surface area contributed by atoms with Gasteiger partial charge >= 0.3 is 12.0 Å². The first kappa shape index (κ1) is 25.6. The predicted octanol–water partition coefficient (Wildman–Crippen LogP) is 3.80. The molecule has 0 fully saturated rings. The molecule has 0 spiro atoms. The summed E-state index contributed by atoms with van der Waals surface area (Å²) in [6.07, 6.45) is 3.71. The Hall–Kier alpha value is -4.44. The molecule has 0 unspecified atom stereocenters. The standard InChI is InChI=1S/C27H26N4O5S/c32-26(33)15-14-23-17-28-19-31(23)18-21-10-12-22(13-11-21)24-8-4-5-9-25(24)37(35,36)30-27(34)29-16-20-6-2-1-3-7-20/h1-13,17,19H,14-16,18H2,(H,32,33)(H2,29,30,34). The lowest BCUT2D eigenvalue weighted by molar-refractivity contribution is -0.137. The summed E-state index contributed by atoms with van der Waals surface area (Å²) in [5, 5.41) is 11.5. The topological polar surface area (TPSA) is 130 Å². The van der Waals surface area contributed by atoms with Crippen LogP contribution in [0.3, 0.4) is 0 Å². The molecule has 0 bridgehead atoms. The molecule has 0 aliphatic rings. The van der Waals surface area contributed by atoms with Crippen molar-refractivity contribution in [3.05, 3.63) is 108 Å². The van der Waals surface area contributed by atoms with Crippen molar-refractivity contribution >= 4 is 22.0 Å². The molecule has 9 nitrogen and oxygen atoms in total. The third-order valence-electron chi connectivity index (χ3n) is 5.71. The number of hydrogen-bond donors (Lipinski definition) is 3. The summed E-state index contributed by atoms with van der Waals surface area (Å²) in [6, 6.07) is 22.2. The number of sulfonamides is 1. The summed E-state index contributed by atoms with van der Waals surface area (Å²) in [5.74, 6) is -0.867. The van der Waals surface area contributed by atoms with Gasteiger partial charge < -0.3 is 15.0 Å².